The predicted octanol–water partition coefficient (Wildman–Crippen LogP) is 3.95. The number of hydrogen-bond donors (Lipinski definition) is 0. The summed E-state index contributed by atoms with van der Waals surface area (Å²) in [6.07, 6.45) is 0. The van der Waals surface area contributed by atoms with E-state index in [2.05, 4.69) is 20.9 Å². The molecule has 0 heterocycles. The summed E-state index contributed by atoms with van der Waals surface area (Å²) in [6, 6.07) is 6.27. The van der Waals surface area contributed by atoms with Crippen LogP contribution in [0, 0.1) is 0 Å². The van der Waals surface area contributed by atoms with Crippen molar-refractivity contribution < 1.29 is 13.5 Å². The first-order chi connectivity index (χ1) is 6.93. The van der Waals surface area contributed by atoms with Crippen LogP contribution in [0.1, 0.15) is 0 Å². The predicted molar refractivity (Wildman–Crippen MR) is 59.8 cm³/mol. The van der Waals surface area contributed by atoms with Crippen molar-refractivity contribution in [1.82, 2.24) is 0 Å². The van der Waals surface area contributed by atoms with Crippen LogP contribution in [-0.2, 0) is 0 Å². The topological polar surface area (TPSA) is 21.6 Å². The minimum absolute atomic E-state index is 0.333. The second-order valence-electron chi connectivity index (χ2n) is 2.60. The van der Waals surface area contributed by atoms with E-state index in [0.29, 0.717) is 11.4 Å². The maximum Gasteiger partial charge on any atom is 0.353 e. The number of nitrogens with zero attached hydrogens (tertiary/aromatic N) is 1. The third kappa shape index (κ3) is 3.76. The molecule has 1 rings (SSSR count). The summed E-state index contributed by atoms with van der Waals surface area (Å²) in [7, 11) is 1.51. The lowest BCUT2D eigenvalue weighted by atomic mass is 10.3. The van der Waals surface area contributed by atoms with E-state index < -0.39 is 10.0 Å². The monoisotopic (exact) mass is 297 g/mol. The van der Waals surface area contributed by atoms with Gasteiger partial charge in [-0.1, -0.05) is 11.6 Å². The third-order valence-corrected chi connectivity index (χ3v) is 2.46. The molecule has 0 saturated heterocycles. The number of halogens is 4. The second kappa shape index (κ2) is 4.90. The molecule has 6 heteroatoms. The summed E-state index contributed by atoms with van der Waals surface area (Å²) in [5.74, 6) is 0.621. The maximum atomic E-state index is 12.6. The van der Waals surface area contributed by atoms with Crippen molar-refractivity contribution >= 4 is 38.4 Å². The van der Waals surface area contributed by atoms with Crippen LogP contribution in [0.15, 0.2) is 29.3 Å². The van der Waals surface area contributed by atoms with Crippen LogP contribution in [0.5, 0.6) is 5.75 Å². The second-order valence-corrected chi connectivity index (χ2v) is 3.95. The van der Waals surface area contributed by atoms with E-state index in [1.54, 1.807) is 12.1 Å². The molecule has 0 saturated carbocycles. The first-order valence-corrected chi connectivity index (χ1v) is 5.06. The molecule has 0 spiro atoms. The minimum atomic E-state index is -3.30. The van der Waals surface area contributed by atoms with Crippen molar-refractivity contribution in [3.63, 3.8) is 0 Å². The average molecular weight is 299 g/mol. The van der Waals surface area contributed by atoms with Gasteiger partial charge < -0.3 is 4.74 Å². The van der Waals surface area contributed by atoms with Gasteiger partial charge in [0, 0.05) is 0 Å². The Morgan fingerprint density at radius 2 is 1.93 bits per heavy atom. The Labute approximate surface area is 99.0 Å². The molecule has 0 aliphatic rings. The number of ether oxygens (including phenoxy) is 1. The molecular formula is C9H7BrClF2NO. The molecule has 0 aliphatic carbocycles. The first kappa shape index (κ1) is 12.4. The zero-order valence-electron chi connectivity index (χ0n) is 7.68. The van der Waals surface area contributed by atoms with Crippen LogP contribution in [0.25, 0.3) is 0 Å². The third-order valence-electron chi connectivity index (χ3n) is 1.53. The molecular weight excluding hydrogens is 291 g/mol. The fourth-order valence-corrected chi connectivity index (χ4v) is 1.02. The highest BCUT2D eigenvalue weighted by Gasteiger charge is 2.30. The van der Waals surface area contributed by atoms with E-state index in [4.69, 9.17) is 16.3 Å². The van der Waals surface area contributed by atoms with Crippen molar-refractivity contribution in [2.75, 3.05) is 7.11 Å². The van der Waals surface area contributed by atoms with Gasteiger partial charge in [-0.2, -0.15) is 8.78 Å². The molecule has 1 aromatic carbocycles. The quantitative estimate of drug-likeness (QED) is 0.611. The van der Waals surface area contributed by atoms with Crippen LogP contribution < -0.4 is 4.74 Å². The molecule has 0 unspecified atom stereocenters. The number of aliphatic imine (C=N–C) groups is 1. The van der Waals surface area contributed by atoms with Crippen molar-refractivity contribution in [3.8, 4) is 5.75 Å². The van der Waals surface area contributed by atoms with Crippen LogP contribution in [-0.4, -0.2) is 17.1 Å². The lowest BCUT2D eigenvalue weighted by Gasteiger charge is -2.05. The summed E-state index contributed by atoms with van der Waals surface area (Å²) in [6.45, 7) is 0. The highest BCUT2D eigenvalue weighted by molar-refractivity contribution is 9.10. The first-order valence-electron chi connectivity index (χ1n) is 3.89. The van der Waals surface area contributed by atoms with Gasteiger partial charge in [0.2, 0.25) is 0 Å². The van der Waals surface area contributed by atoms with Gasteiger partial charge in [0.25, 0.3) is 0 Å². The summed E-state index contributed by atoms with van der Waals surface area (Å²) in [4.78, 5) is 0.238. The van der Waals surface area contributed by atoms with Gasteiger partial charge in [0.05, 0.1) is 12.8 Å². The molecule has 2 nitrogen and oxygen atoms in total. The largest absolute Gasteiger partial charge is 0.497 e. The van der Waals surface area contributed by atoms with Crippen molar-refractivity contribution in [2.24, 2.45) is 4.99 Å². The highest BCUT2D eigenvalue weighted by Crippen LogP contribution is 2.28. The normalized spacial score (nSPS) is 12.7. The molecule has 82 valence electrons. The van der Waals surface area contributed by atoms with Crippen molar-refractivity contribution in [2.45, 2.75) is 4.83 Å². The van der Waals surface area contributed by atoms with Crippen LogP contribution >= 0.6 is 27.5 Å². The van der Waals surface area contributed by atoms with Gasteiger partial charge in [-0.3, -0.25) is 0 Å². The van der Waals surface area contributed by atoms with E-state index in [1.807, 2.05) is 0 Å². The van der Waals surface area contributed by atoms with Gasteiger partial charge in [-0.25, -0.2) is 4.99 Å². The van der Waals surface area contributed by atoms with Crippen LogP contribution in [0.2, 0.25) is 0 Å². The fourth-order valence-electron chi connectivity index (χ4n) is 0.833. The molecule has 0 aromatic heterocycles. The van der Waals surface area contributed by atoms with E-state index in [9.17, 15) is 8.78 Å². The van der Waals surface area contributed by atoms with Gasteiger partial charge in [-0.15, -0.1) is 0 Å². The molecule has 1 aromatic rings. The average Bonchev–Trinajstić information content (AvgIpc) is 2.17. The Hall–Kier alpha value is -0.680. The molecule has 0 aliphatic heterocycles. The number of methoxy groups -OCH3 is 1. The van der Waals surface area contributed by atoms with E-state index >= 15 is 0 Å². The van der Waals surface area contributed by atoms with Crippen molar-refractivity contribution in [1.29, 1.82) is 0 Å². The fraction of sp³-hybridized carbons (Fsp3) is 0.222. The number of hydrogen-bond acceptors (Lipinski definition) is 2. The van der Waals surface area contributed by atoms with Gasteiger partial charge in [-0.05, 0) is 40.2 Å². The Kier molecular flexibility index (Phi) is 4.04. The summed E-state index contributed by atoms with van der Waals surface area (Å²) >= 11 is 7.40. The highest BCUT2D eigenvalue weighted by atomic mass is 79.9. The summed E-state index contributed by atoms with van der Waals surface area (Å²) in [5.41, 5.74) is 0.333. The molecule has 0 N–H and O–H groups in total. The zero-order valence-corrected chi connectivity index (χ0v) is 10.0. The lowest BCUT2D eigenvalue weighted by molar-refractivity contribution is 0.197. The Morgan fingerprint density at radius 3 is 2.33 bits per heavy atom. The van der Waals surface area contributed by atoms with E-state index in [-0.39, 0.29) is 0 Å². The molecule has 0 bridgehead atoms. The standard InChI is InChI=1S/C9H7BrClF2NO/c1-15-7-4-2-6(3-5-7)14-8(11)9(10,12)13/h2-5H,1H3. The van der Waals surface area contributed by atoms with Gasteiger partial charge in [0.15, 0.2) is 5.17 Å². The minimum Gasteiger partial charge on any atom is -0.497 e. The molecule has 0 fully saturated rings. The van der Waals surface area contributed by atoms with Crippen molar-refractivity contribution in [3.05, 3.63) is 24.3 Å². The molecule has 0 amide bonds. The molecule has 0 atom stereocenters. The summed E-state index contributed by atoms with van der Waals surface area (Å²) in [5, 5.41) is -0.812. The van der Waals surface area contributed by atoms with Crippen LogP contribution in [0.4, 0.5) is 14.5 Å². The van der Waals surface area contributed by atoms with E-state index in [1.165, 1.54) is 19.2 Å². The van der Waals surface area contributed by atoms with Gasteiger partial charge >= 0.3 is 4.83 Å². The zero-order chi connectivity index (χ0) is 11.5. The molecule has 0 radical (unpaired) electrons. The van der Waals surface area contributed by atoms with E-state index in [0.717, 1.165) is 0 Å². The molecule has 15 heavy (non-hydrogen) atoms. The smallest absolute Gasteiger partial charge is 0.353 e. The Balaban J connectivity index is 2.89. The maximum absolute atomic E-state index is 12.6. The lowest BCUT2D eigenvalue weighted by Crippen LogP contribution is -2.14. The Bertz CT molecular complexity index is 361. The number of rotatable bonds is 3. The number of alkyl halides is 3. The number of benzene rings is 1. The summed E-state index contributed by atoms with van der Waals surface area (Å²) < 4.78 is 30.1. The SMILES string of the molecule is COc1ccc(N=C(Cl)C(F)(F)Br)cc1. The van der Waals surface area contributed by atoms with Gasteiger partial charge in [0.1, 0.15) is 5.75 Å². The Morgan fingerprint density at radius 1 is 1.40 bits per heavy atom. The van der Waals surface area contributed by atoms with Crippen LogP contribution in [0.3, 0.4) is 0 Å².